The van der Waals surface area contributed by atoms with Crippen molar-refractivity contribution in [2.24, 2.45) is 0 Å². The Labute approximate surface area is 123 Å². The summed E-state index contributed by atoms with van der Waals surface area (Å²) in [6, 6.07) is 5.10. The normalized spacial score (nSPS) is 12.3. The van der Waals surface area contributed by atoms with E-state index < -0.39 is 15.8 Å². The minimum absolute atomic E-state index is 0.0142. The first-order valence-corrected chi connectivity index (χ1v) is 8.86. The van der Waals surface area contributed by atoms with Crippen molar-refractivity contribution in [2.45, 2.75) is 37.6 Å². The molecule has 1 aromatic carbocycles. The van der Waals surface area contributed by atoms with Crippen LogP contribution in [-0.2, 0) is 10.0 Å². The average molecular weight is 352 g/mol. The Morgan fingerprint density at radius 3 is 2.42 bits per heavy atom. The molecule has 0 atom stereocenters. The van der Waals surface area contributed by atoms with Gasteiger partial charge in [0.25, 0.3) is 0 Å². The SMILES string of the molecule is CCC(CC)N(CCBr)S(=O)(=O)c1cccc(F)c1. The van der Waals surface area contributed by atoms with Gasteiger partial charge in [-0.25, -0.2) is 12.8 Å². The molecule has 0 saturated carbocycles. The number of rotatable bonds is 7. The molecule has 0 fully saturated rings. The van der Waals surface area contributed by atoms with Gasteiger partial charge in [0.1, 0.15) is 5.82 Å². The number of alkyl halides is 1. The Hall–Kier alpha value is -0.460. The third-order valence-electron chi connectivity index (χ3n) is 3.06. The van der Waals surface area contributed by atoms with Gasteiger partial charge >= 0.3 is 0 Å². The largest absolute Gasteiger partial charge is 0.243 e. The number of benzene rings is 1. The topological polar surface area (TPSA) is 37.4 Å². The molecule has 0 radical (unpaired) electrons. The van der Waals surface area contributed by atoms with E-state index >= 15 is 0 Å². The van der Waals surface area contributed by atoms with E-state index in [0.717, 1.165) is 18.9 Å². The third kappa shape index (κ3) is 4.00. The predicted molar refractivity (Wildman–Crippen MR) is 78.5 cm³/mol. The number of hydrogen-bond donors (Lipinski definition) is 0. The van der Waals surface area contributed by atoms with E-state index in [1.54, 1.807) is 0 Å². The fraction of sp³-hybridized carbons (Fsp3) is 0.538. The van der Waals surface area contributed by atoms with Gasteiger partial charge in [-0.1, -0.05) is 35.8 Å². The molecule has 0 bridgehead atoms. The highest BCUT2D eigenvalue weighted by molar-refractivity contribution is 9.09. The molecule has 0 unspecified atom stereocenters. The summed E-state index contributed by atoms with van der Waals surface area (Å²) in [5, 5.41) is 0.554. The van der Waals surface area contributed by atoms with Crippen molar-refractivity contribution in [1.29, 1.82) is 0 Å². The van der Waals surface area contributed by atoms with E-state index in [4.69, 9.17) is 0 Å². The summed E-state index contributed by atoms with van der Waals surface area (Å²) in [7, 11) is -3.65. The van der Waals surface area contributed by atoms with Crippen LogP contribution in [0.5, 0.6) is 0 Å². The molecule has 0 aromatic heterocycles. The van der Waals surface area contributed by atoms with Crippen molar-refractivity contribution in [3.63, 3.8) is 0 Å². The lowest BCUT2D eigenvalue weighted by molar-refractivity contribution is 0.317. The van der Waals surface area contributed by atoms with Crippen LogP contribution in [-0.4, -0.2) is 30.6 Å². The Bertz CT molecular complexity index is 503. The van der Waals surface area contributed by atoms with Gasteiger partial charge in [0.05, 0.1) is 4.90 Å². The van der Waals surface area contributed by atoms with Crippen molar-refractivity contribution in [3.05, 3.63) is 30.1 Å². The summed E-state index contributed by atoms with van der Waals surface area (Å²) in [5.41, 5.74) is 0. The number of halogens is 2. The first kappa shape index (κ1) is 16.6. The maximum atomic E-state index is 13.2. The summed E-state index contributed by atoms with van der Waals surface area (Å²) in [4.78, 5) is 0.0142. The Kier molecular flexibility index (Phi) is 6.42. The van der Waals surface area contributed by atoms with Crippen LogP contribution in [0.1, 0.15) is 26.7 Å². The van der Waals surface area contributed by atoms with Gasteiger partial charge in [0.2, 0.25) is 10.0 Å². The lowest BCUT2D eigenvalue weighted by atomic mass is 10.2. The van der Waals surface area contributed by atoms with Crippen LogP contribution in [0.2, 0.25) is 0 Å². The predicted octanol–water partition coefficient (Wildman–Crippen LogP) is 3.40. The Morgan fingerprint density at radius 1 is 1.32 bits per heavy atom. The molecule has 0 amide bonds. The monoisotopic (exact) mass is 351 g/mol. The van der Waals surface area contributed by atoms with Crippen molar-refractivity contribution >= 4 is 26.0 Å². The van der Waals surface area contributed by atoms with Gasteiger partial charge in [0, 0.05) is 17.9 Å². The standard InChI is InChI=1S/C13H19BrFNO2S/c1-3-12(4-2)16(9-8-14)19(17,18)13-7-5-6-11(15)10-13/h5-7,10,12H,3-4,8-9H2,1-2H3. The number of nitrogens with zero attached hydrogens (tertiary/aromatic N) is 1. The zero-order valence-corrected chi connectivity index (χ0v) is 13.5. The fourth-order valence-electron chi connectivity index (χ4n) is 2.04. The van der Waals surface area contributed by atoms with Crippen molar-refractivity contribution in [1.82, 2.24) is 4.31 Å². The molecular formula is C13H19BrFNO2S. The number of hydrogen-bond acceptors (Lipinski definition) is 2. The van der Waals surface area contributed by atoms with Crippen molar-refractivity contribution < 1.29 is 12.8 Å². The van der Waals surface area contributed by atoms with Crippen LogP contribution >= 0.6 is 15.9 Å². The van der Waals surface area contributed by atoms with Crippen LogP contribution in [0.15, 0.2) is 29.2 Å². The summed E-state index contributed by atoms with van der Waals surface area (Å²) in [6.07, 6.45) is 1.47. The highest BCUT2D eigenvalue weighted by Crippen LogP contribution is 2.22. The molecule has 3 nitrogen and oxygen atoms in total. The molecule has 1 rings (SSSR count). The summed E-state index contributed by atoms with van der Waals surface area (Å²) >= 11 is 3.28. The second-order valence-electron chi connectivity index (χ2n) is 4.23. The van der Waals surface area contributed by atoms with Crippen molar-refractivity contribution in [3.8, 4) is 0 Å². The minimum atomic E-state index is -3.65. The molecule has 0 heterocycles. The quantitative estimate of drug-likeness (QED) is 0.706. The fourth-order valence-corrected chi connectivity index (χ4v) is 4.46. The van der Waals surface area contributed by atoms with Crippen LogP contribution < -0.4 is 0 Å². The van der Waals surface area contributed by atoms with Gasteiger partial charge in [-0.2, -0.15) is 4.31 Å². The summed E-state index contributed by atoms with van der Waals surface area (Å²) < 4.78 is 39.8. The highest BCUT2D eigenvalue weighted by Gasteiger charge is 2.29. The van der Waals surface area contributed by atoms with Gasteiger partial charge in [-0.15, -0.1) is 0 Å². The molecule has 0 saturated heterocycles. The average Bonchev–Trinajstić information content (AvgIpc) is 2.39. The zero-order valence-electron chi connectivity index (χ0n) is 11.1. The molecule has 0 aliphatic rings. The van der Waals surface area contributed by atoms with Crippen LogP contribution in [0.3, 0.4) is 0 Å². The van der Waals surface area contributed by atoms with Crippen LogP contribution in [0.4, 0.5) is 4.39 Å². The molecule has 0 aliphatic heterocycles. The maximum Gasteiger partial charge on any atom is 0.243 e. The summed E-state index contributed by atoms with van der Waals surface area (Å²) in [5.74, 6) is -0.538. The van der Waals surface area contributed by atoms with E-state index in [-0.39, 0.29) is 10.9 Å². The van der Waals surface area contributed by atoms with Crippen LogP contribution in [0.25, 0.3) is 0 Å². The number of sulfonamides is 1. The molecule has 0 aliphatic carbocycles. The second-order valence-corrected chi connectivity index (χ2v) is 6.92. The van der Waals surface area contributed by atoms with Gasteiger partial charge in [0.15, 0.2) is 0 Å². The molecule has 0 spiro atoms. The maximum absolute atomic E-state index is 13.2. The van der Waals surface area contributed by atoms with E-state index in [0.29, 0.717) is 11.9 Å². The van der Waals surface area contributed by atoms with E-state index in [1.165, 1.54) is 22.5 Å². The van der Waals surface area contributed by atoms with Gasteiger partial charge in [-0.3, -0.25) is 0 Å². The molecular weight excluding hydrogens is 333 g/mol. The Morgan fingerprint density at radius 2 is 1.95 bits per heavy atom. The van der Waals surface area contributed by atoms with Crippen LogP contribution in [0, 0.1) is 5.82 Å². The second kappa shape index (κ2) is 7.36. The zero-order chi connectivity index (χ0) is 14.5. The van der Waals surface area contributed by atoms with Gasteiger partial charge in [-0.05, 0) is 31.0 Å². The van der Waals surface area contributed by atoms with E-state index in [2.05, 4.69) is 15.9 Å². The van der Waals surface area contributed by atoms with Gasteiger partial charge < -0.3 is 0 Å². The van der Waals surface area contributed by atoms with Crippen molar-refractivity contribution in [2.75, 3.05) is 11.9 Å². The first-order valence-electron chi connectivity index (χ1n) is 6.30. The molecule has 1 aromatic rings. The smallest absolute Gasteiger partial charge is 0.207 e. The van der Waals surface area contributed by atoms with E-state index in [9.17, 15) is 12.8 Å². The molecule has 108 valence electrons. The lowest BCUT2D eigenvalue weighted by Crippen LogP contribution is -2.40. The third-order valence-corrected chi connectivity index (χ3v) is 5.36. The molecule has 0 N–H and O–H groups in total. The first-order chi connectivity index (χ1) is 8.97. The minimum Gasteiger partial charge on any atom is -0.207 e. The molecule has 19 heavy (non-hydrogen) atoms. The van der Waals surface area contributed by atoms with E-state index in [1.807, 2.05) is 13.8 Å². The highest BCUT2D eigenvalue weighted by atomic mass is 79.9. The lowest BCUT2D eigenvalue weighted by Gasteiger charge is -2.29. The Balaban J connectivity index is 3.19. The summed E-state index contributed by atoms with van der Waals surface area (Å²) in [6.45, 7) is 4.29. The molecule has 6 heteroatoms.